The zero-order chi connectivity index (χ0) is 13.8. The lowest BCUT2D eigenvalue weighted by Crippen LogP contribution is -2.39. The molecule has 0 aromatic heterocycles. The summed E-state index contributed by atoms with van der Waals surface area (Å²) in [4.78, 5) is 14.6. The summed E-state index contributed by atoms with van der Waals surface area (Å²) in [6.45, 7) is 5.80. The van der Waals surface area contributed by atoms with Gasteiger partial charge in [-0.2, -0.15) is 0 Å². The smallest absolute Gasteiger partial charge is 0.227 e. The Morgan fingerprint density at radius 1 is 1.37 bits per heavy atom. The Bertz CT molecular complexity index is 442. The third kappa shape index (κ3) is 3.16. The van der Waals surface area contributed by atoms with Crippen LogP contribution in [-0.4, -0.2) is 23.4 Å². The normalized spacial score (nSPS) is 19.2. The Hall–Kier alpha value is -1.35. The highest BCUT2D eigenvalue weighted by molar-refractivity contribution is 5.79. The first kappa shape index (κ1) is 14.1. The highest BCUT2D eigenvalue weighted by Gasteiger charge is 2.30. The van der Waals surface area contributed by atoms with Crippen molar-refractivity contribution in [2.75, 3.05) is 6.54 Å². The van der Waals surface area contributed by atoms with Gasteiger partial charge in [0.15, 0.2) is 0 Å². The van der Waals surface area contributed by atoms with E-state index in [9.17, 15) is 4.79 Å². The van der Waals surface area contributed by atoms with Gasteiger partial charge in [0.25, 0.3) is 0 Å². The second-order valence-corrected chi connectivity index (χ2v) is 5.69. The first-order valence-electron chi connectivity index (χ1n) is 7.19. The minimum atomic E-state index is 0.247. The predicted octanol–water partition coefficient (Wildman–Crippen LogP) is 2.33. The van der Waals surface area contributed by atoms with Crippen LogP contribution >= 0.6 is 0 Å². The van der Waals surface area contributed by atoms with Crippen molar-refractivity contribution in [1.82, 2.24) is 4.90 Å². The molecule has 19 heavy (non-hydrogen) atoms. The van der Waals surface area contributed by atoms with Crippen LogP contribution in [0.15, 0.2) is 24.3 Å². The molecule has 1 aromatic rings. The molecule has 0 aliphatic carbocycles. The number of carbonyl (C=O) groups is 1. The fourth-order valence-corrected chi connectivity index (χ4v) is 2.99. The number of nitrogens with zero attached hydrogens (tertiary/aromatic N) is 1. The van der Waals surface area contributed by atoms with E-state index in [0.29, 0.717) is 24.9 Å². The molecule has 3 nitrogen and oxygen atoms in total. The fourth-order valence-electron chi connectivity index (χ4n) is 2.99. The van der Waals surface area contributed by atoms with E-state index < -0.39 is 0 Å². The zero-order valence-corrected chi connectivity index (χ0v) is 11.9. The van der Waals surface area contributed by atoms with Gasteiger partial charge in [0, 0.05) is 19.1 Å². The summed E-state index contributed by atoms with van der Waals surface area (Å²) in [5.74, 6) is 0.785. The summed E-state index contributed by atoms with van der Waals surface area (Å²) in [7, 11) is 0. The number of amides is 1. The molecule has 1 aliphatic rings. The number of carbonyl (C=O) groups excluding carboxylic acids is 1. The van der Waals surface area contributed by atoms with E-state index in [2.05, 4.69) is 18.7 Å². The summed E-state index contributed by atoms with van der Waals surface area (Å²) in [5.41, 5.74) is 7.88. The minimum absolute atomic E-state index is 0.247. The van der Waals surface area contributed by atoms with Gasteiger partial charge < -0.3 is 10.6 Å². The molecule has 0 bridgehead atoms. The maximum Gasteiger partial charge on any atom is 0.227 e. The van der Waals surface area contributed by atoms with Crippen LogP contribution in [0.4, 0.5) is 0 Å². The number of nitrogens with two attached hydrogens (primary N) is 1. The largest absolute Gasteiger partial charge is 0.339 e. The number of likely N-dealkylation sites (tertiary alicyclic amines) is 1. The first-order valence-corrected chi connectivity index (χ1v) is 7.19. The molecule has 0 saturated carbocycles. The van der Waals surface area contributed by atoms with E-state index in [1.807, 2.05) is 24.3 Å². The molecule has 0 radical (unpaired) electrons. The van der Waals surface area contributed by atoms with E-state index in [1.165, 1.54) is 0 Å². The molecular formula is C16H24N2O. The Morgan fingerprint density at radius 3 is 2.68 bits per heavy atom. The number of benzene rings is 1. The van der Waals surface area contributed by atoms with Crippen LogP contribution in [-0.2, 0) is 17.8 Å². The first-order chi connectivity index (χ1) is 9.13. The lowest BCUT2D eigenvalue weighted by Gasteiger charge is -2.28. The molecule has 1 fully saturated rings. The van der Waals surface area contributed by atoms with Gasteiger partial charge in [0.1, 0.15) is 0 Å². The van der Waals surface area contributed by atoms with Crippen LogP contribution in [0.2, 0.25) is 0 Å². The lowest BCUT2D eigenvalue weighted by atomic mass is 10.0. The molecule has 104 valence electrons. The Morgan fingerprint density at radius 2 is 2.05 bits per heavy atom. The van der Waals surface area contributed by atoms with Crippen molar-refractivity contribution in [1.29, 1.82) is 0 Å². The van der Waals surface area contributed by atoms with E-state index in [4.69, 9.17) is 5.73 Å². The second-order valence-electron chi connectivity index (χ2n) is 5.69. The highest BCUT2D eigenvalue weighted by Crippen LogP contribution is 2.24. The molecule has 2 N–H and O–H groups in total. The van der Waals surface area contributed by atoms with Crippen molar-refractivity contribution in [3.05, 3.63) is 35.4 Å². The summed E-state index contributed by atoms with van der Waals surface area (Å²) in [5, 5.41) is 0. The summed E-state index contributed by atoms with van der Waals surface area (Å²) < 4.78 is 0. The molecule has 1 aromatic carbocycles. The van der Waals surface area contributed by atoms with Crippen molar-refractivity contribution in [2.24, 2.45) is 11.7 Å². The topological polar surface area (TPSA) is 46.3 Å². The van der Waals surface area contributed by atoms with Gasteiger partial charge in [0.05, 0.1) is 6.42 Å². The monoisotopic (exact) mass is 260 g/mol. The fraction of sp³-hybridized carbons (Fsp3) is 0.562. The average molecular weight is 260 g/mol. The number of hydrogen-bond acceptors (Lipinski definition) is 2. The highest BCUT2D eigenvalue weighted by atomic mass is 16.2. The van der Waals surface area contributed by atoms with Gasteiger partial charge in [-0.15, -0.1) is 0 Å². The summed E-state index contributed by atoms with van der Waals surface area (Å²) in [6.07, 6.45) is 2.76. The molecule has 1 saturated heterocycles. The Kier molecular flexibility index (Phi) is 4.59. The van der Waals surface area contributed by atoms with Crippen LogP contribution in [0.1, 0.15) is 37.8 Å². The van der Waals surface area contributed by atoms with E-state index in [-0.39, 0.29) is 5.91 Å². The van der Waals surface area contributed by atoms with Gasteiger partial charge >= 0.3 is 0 Å². The Balaban J connectivity index is 2.08. The van der Waals surface area contributed by atoms with Crippen molar-refractivity contribution in [3.8, 4) is 0 Å². The van der Waals surface area contributed by atoms with Gasteiger partial charge in [-0.1, -0.05) is 38.1 Å². The molecule has 1 unspecified atom stereocenters. The molecule has 1 atom stereocenters. The Labute approximate surface area is 115 Å². The summed E-state index contributed by atoms with van der Waals surface area (Å²) in [6, 6.07) is 8.39. The van der Waals surface area contributed by atoms with Crippen molar-refractivity contribution >= 4 is 5.91 Å². The van der Waals surface area contributed by atoms with Crippen LogP contribution < -0.4 is 5.73 Å². The minimum Gasteiger partial charge on any atom is -0.339 e. The SMILES string of the molecule is CC(C)C1CCCN1C(=O)Cc1ccccc1CN. The number of rotatable bonds is 4. The van der Waals surface area contributed by atoms with Crippen molar-refractivity contribution < 1.29 is 4.79 Å². The maximum atomic E-state index is 12.5. The van der Waals surface area contributed by atoms with E-state index in [1.54, 1.807) is 0 Å². The van der Waals surface area contributed by atoms with Crippen LogP contribution in [0, 0.1) is 5.92 Å². The third-order valence-corrected chi connectivity index (χ3v) is 4.07. The molecule has 3 heteroatoms. The van der Waals surface area contributed by atoms with E-state index >= 15 is 0 Å². The third-order valence-electron chi connectivity index (χ3n) is 4.07. The van der Waals surface area contributed by atoms with Gasteiger partial charge in [-0.25, -0.2) is 0 Å². The molecule has 1 aliphatic heterocycles. The molecule has 2 rings (SSSR count). The van der Waals surface area contributed by atoms with Crippen molar-refractivity contribution in [2.45, 2.75) is 45.7 Å². The maximum absolute atomic E-state index is 12.5. The van der Waals surface area contributed by atoms with Crippen LogP contribution in [0.5, 0.6) is 0 Å². The van der Waals surface area contributed by atoms with E-state index in [0.717, 1.165) is 30.5 Å². The number of hydrogen-bond donors (Lipinski definition) is 1. The molecule has 1 amide bonds. The van der Waals surface area contributed by atoms with Gasteiger partial charge in [0.2, 0.25) is 5.91 Å². The standard InChI is InChI=1S/C16H24N2O/c1-12(2)15-8-5-9-18(15)16(19)10-13-6-3-4-7-14(13)11-17/h3-4,6-7,12,15H,5,8-11,17H2,1-2H3. The van der Waals surface area contributed by atoms with Crippen molar-refractivity contribution in [3.63, 3.8) is 0 Å². The molecule has 0 spiro atoms. The summed E-state index contributed by atoms with van der Waals surface area (Å²) >= 11 is 0. The molecular weight excluding hydrogens is 236 g/mol. The van der Waals surface area contributed by atoms with Gasteiger partial charge in [-0.3, -0.25) is 4.79 Å². The van der Waals surface area contributed by atoms with Crippen LogP contribution in [0.25, 0.3) is 0 Å². The van der Waals surface area contributed by atoms with Crippen LogP contribution in [0.3, 0.4) is 0 Å². The van der Waals surface area contributed by atoms with Gasteiger partial charge in [-0.05, 0) is 29.9 Å². The molecule has 1 heterocycles. The predicted molar refractivity (Wildman–Crippen MR) is 77.6 cm³/mol. The zero-order valence-electron chi connectivity index (χ0n) is 11.9. The quantitative estimate of drug-likeness (QED) is 0.903. The second kappa shape index (κ2) is 6.20. The lowest BCUT2D eigenvalue weighted by molar-refractivity contribution is -0.132. The average Bonchev–Trinajstić information content (AvgIpc) is 2.88.